The maximum absolute atomic E-state index is 12.3. The van der Waals surface area contributed by atoms with Crippen molar-refractivity contribution in [3.05, 3.63) is 48.3 Å². The van der Waals surface area contributed by atoms with E-state index in [4.69, 9.17) is 10.5 Å². The number of hydrogen-bond acceptors (Lipinski definition) is 6. The third kappa shape index (κ3) is 5.40. The van der Waals surface area contributed by atoms with E-state index in [1.54, 1.807) is 36.7 Å². The summed E-state index contributed by atoms with van der Waals surface area (Å²) in [7, 11) is 0. The molecular formula is C19H23N5O3. The predicted octanol–water partition coefficient (Wildman–Crippen LogP) is 0.987. The SMILES string of the molecule is NC(=O)COc1ccc(C(=O)NCC2CCN(c3ncccn3)CC2)cc1. The lowest BCUT2D eigenvalue weighted by Crippen LogP contribution is -2.39. The summed E-state index contributed by atoms with van der Waals surface area (Å²) in [6.07, 6.45) is 5.47. The van der Waals surface area contributed by atoms with Crippen LogP contribution in [0.25, 0.3) is 0 Å². The van der Waals surface area contributed by atoms with E-state index >= 15 is 0 Å². The van der Waals surface area contributed by atoms with Gasteiger partial charge in [-0.1, -0.05) is 0 Å². The average molecular weight is 369 g/mol. The van der Waals surface area contributed by atoms with Gasteiger partial charge in [-0.3, -0.25) is 9.59 Å². The Morgan fingerprint density at radius 2 is 1.81 bits per heavy atom. The summed E-state index contributed by atoms with van der Waals surface area (Å²) in [5, 5.41) is 2.99. The Balaban J connectivity index is 1.42. The standard InChI is InChI=1S/C19H23N5O3/c20-17(25)13-27-16-4-2-15(3-5-16)18(26)23-12-14-6-10-24(11-7-14)19-21-8-1-9-22-19/h1-5,8-9,14H,6-7,10-13H2,(H2,20,25)(H,23,26). The van der Waals surface area contributed by atoms with Crippen LogP contribution >= 0.6 is 0 Å². The first-order valence-electron chi connectivity index (χ1n) is 8.93. The topological polar surface area (TPSA) is 110 Å². The van der Waals surface area contributed by atoms with Crippen LogP contribution in [0, 0.1) is 5.92 Å². The average Bonchev–Trinajstić information content (AvgIpc) is 2.72. The fraction of sp³-hybridized carbons (Fsp3) is 0.368. The summed E-state index contributed by atoms with van der Waals surface area (Å²) in [6, 6.07) is 8.44. The number of aromatic nitrogens is 2. The van der Waals surface area contributed by atoms with Crippen molar-refractivity contribution >= 4 is 17.8 Å². The second kappa shape index (κ2) is 8.98. The van der Waals surface area contributed by atoms with Crippen LogP contribution < -0.4 is 20.7 Å². The third-order valence-corrected chi connectivity index (χ3v) is 4.50. The summed E-state index contributed by atoms with van der Waals surface area (Å²) >= 11 is 0. The lowest BCUT2D eigenvalue weighted by atomic mass is 9.97. The van der Waals surface area contributed by atoms with E-state index < -0.39 is 5.91 Å². The van der Waals surface area contributed by atoms with Crippen molar-refractivity contribution in [1.29, 1.82) is 0 Å². The number of piperidine rings is 1. The number of nitrogens with one attached hydrogen (secondary N) is 1. The van der Waals surface area contributed by atoms with Crippen molar-refractivity contribution < 1.29 is 14.3 Å². The second-order valence-corrected chi connectivity index (χ2v) is 6.47. The number of benzene rings is 1. The third-order valence-electron chi connectivity index (χ3n) is 4.50. The number of primary amides is 1. The van der Waals surface area contributed by atoms with Crippen molar-refractivity contribution in [1.82, 2.24) is 15.3 Å². The van der Waals surface area contributed by atoms with E-state index in [0.717, 1.165) is 31.9 Å². The molecule has 27 heavy (non-hydrogen) atoms. The fourth-order valence-electron chi connectivity index (χ4n) is 2.99. The predicted molar refractivity (Wildman–Crippen MR) is 100 cm³/mol. The molecule has 0 bridgehead atoms. The first-order valence-corrected chi connectivity index (χ1v) is 8.93. The molecule has 8 heteroatoms. The molecule has 0 atom stereocenters. The van der Waals surface area contributed by atoms with Crippen LogP contribution in [-0.2, 0) is 4.79 Å². The molecule has 0 spiro atoms. The minimum atomic E-state index is -0.540. The molecule has 2 aromatic rings. The molecule has 142 valence electrons. The van der Waals surface area contributed by atoms with Gasteiger partial charge in [0.25, 0.3) is 11.8 Å². The zero-order valence-electron chi connectivity index (χ0n) is 15.0. The first kappa shape index (κ1) is 18.6. The van der Waals surface area contributed by atoms with Gasteiger partial charge in [0.05, 0.1) is 0 Å². The highest BCUT2D eigenvalue weighted by Crippen LogP contribution is 2.20. The zero-order valence-corrected chi connectivity index (χ0v) is 15.0. The Kier molecular flexibility index (Phi) is 6.19. The lowest BCUT2D eigenvalue weighted by Gasteiger charge is -2.31. The molecule has 1 aromatic heterocycles. The van der Waals surface area contributed by atoms with Crippen molar-refractivity contribution in [3.63, 3.8) is 0 Å². The highest BCUT2D eigenvalue weighted by molar-refractivity contribution is 5.94. The van der Waals surface area contributed by atoms with Crippen LogP contribution in [0.5, 0.6) is 5.75 Å². The molecule has 1 aliphatic heterocycles. The first-order chi connectivity index (χ1) is 13.1. The lowest BCUT2D eigenvalue weighted by molar-refractivity contribution is -0.119. The smallest absolute Gasteiger partial charge is 0.255 e. The summed E-state index contributed by atoms with van der Waals surface area (Å²) in [6.45, 7) is 2.23. The highest BCUT2D eigenvalue weighted by Gasteiger charge is 2.21. The summed E-state index contributed by atoms with van der Waals surface area (Å²) in [5.74, 6) is 1.04. The largest absolute Gasteiger partial charge is 0.484 e. The van der Waals surface area contributed by atoms with Crippen LogP contribution in [0.1, 0.15) is 23.2 Å². The van der Waals surface area contributed by atoms with Crippen LogP contribution in [0.2, 0.25) is 0 Å². The van der Waals surface area contributed by atoms with Gasteiger partial charge in [0.1, 0.15) is 5.75 Å². The quantitative estimate of drug-likeness (QED) is 0.753. The van der Waals surface area contributed by atoms with E-state index in [-0.39, 0.29) is 12.5 Å². The van der Waals surface area contributed by atoms with Crippen molar-refractivity contribution in [2.24, 2.45) is 11.7 Å². The van der Waals surface area contributed by atoms with Gasteiger partial charge < -0.3 is 20.7 Å². The van der Waals surface area contributed by atoms with Crippen LogP contribution in [0.4, 0.5) is 5.95 Å². The molecule has 1 aromatic carbocycles. The molecule has 1 fully saturated rings. The number of carbonyl (C=O) groups is 2. The molecule has 1 aliphatic rings. The van der Waals surface area contributed by atoms with Gasteiger partial charge in [0, 0.05) is 37.6 Å². The van der Waals surface area contributed by atoms with Gasteiger partial charge >= 0.3 is 0 Å². The number of rotatable bonds is 7. The van der Waals surface area contributed by atoms with Crippen molar-refractivity contribution in [2.75, 3.05) is 31.1 Å². The zero-order chi connectivity index (χ0) is 19.1. The number of carbonyl (C=O) groups excluding carboxylic acids is 2. The summed E-state index contributed by atoms with van der Waals surface area (Å²) in [4.78, 5) is 33.7. The normalized spacial score (nSPS) is 14.6. The Hall–Kier alpha value is -3.16. The number of amides is 2. The Morgan fingerprint density at radius 3 is 2.44 bits per heavy atom. The molecule has 3 rings (SSSR count). The number of nitrogens with two attached hydrogens (primary N) is 1. The molecule has 0 radical (unpaired) electrons. The van der Waals surface area contributed by atoms with Gasteiger partial charge in [-0.05, 0) is 49.1 Å². The number of nitrogens with zero attached hydrogens (tertiary/aromatic N) is 3. The highest BCUT2D eigenvalue weighted by atomic mass is 16.5. The number of ether oxygens (including phenoxy) is 1. The molecule has 0 unspecified atom stereocenters. The van der Waals surface area contributed by atoms with E-state index in [1.807, 2.05) is 6.07 Å². The van der Waals surface area contributed by atoms with Gasteiger partial charge in [-0.15, -0.1) is 0 Å². The molecule has 0 saturated carbocycles. The number of anilines is 1. The van der Waals surface area contributed by atoms with Crippen molar-refractivity contribution in [3.8, 4) is 5.75 Å². The van der Waals surface area contributed by atoms with Crippen LogP contribution in [0.3, 0.4) is 0 Å². The summed E-state index contributed by atoms with van der Waals surface area (Å²) < 4.78 is 5.18. The molecule has 0 aliphatic carbocycles. The molecule has 8 nitrogen and oxygen atoms in total. The monoisotopic (exact) mass is 369 g/mol. The van der Waals surface area contributed by atoms with Gasteiger partial charge in [-0.25, -0.2) is 9.97 Å². The summed E-state index contributed by atoms with van der Waals surface area (Å²) in [5.41, 5.74) is 5.58. The van der Waals surface area contributed by atoms with E-state index in [1.165, 1.54) is 0 Å². The van der Waals surface area contributed by atoms with Gasteiger partial charge in [-0.2, -0.15) is 0 Å². The van der Waals surface area contributed by atoms with Crippen LogP contribution in [-0.4, -0.2) is 48.0 Å². The minimum Gasteiger partial charge on any atom is -0.484 e. The Bertz CT molecular complexity index is 759. The van der Waals surface area contributed by atoms with Gasteiger partial charge in [0.15, 0.2) is 6.61 Å². The number of hydrogen-bond donors (Lipinski definition) is 2. The second-order valence-electron chi connectivity index (χ2n) is 6.47. The van der Waals surface area contributed by atoms with E-state index in [0.29, 0.717) is 23.8 Å². The maximum atomic E-state index is 12.3. The molecule has 2 amide bonds. The van der Waals surface area contributed by atoms with E-state index in [9.17, 15) is 9.59 Å². The molecule has 1 saturated heterocycles. The van der Waals surface area contributed by atoms with Crippen molar-refractivity contribution in [2.45, 2.75) is 12.8 Å². The molecule has 3 N–H and O–H groups in total. The van der Waals surface area contributed by atoms with Gasteiger partial charge in [0.2, 0.25) is 5.95 Å². The van der Waals surface area contributed by atoms with Crippen LogP contribution in [0.15, 0.2) is 42.7 Å². The Labute approximate surface area is 157 Å². The molecular weight excluding hydrogens is 346 g/mol. The maximum Gasteiger partial charge on any atom is 0.255 e. The minimum absolute atomic E-state index is 0.120. The van der Waals surface area contributed by atoms with E-state index in [2.05, 4.69) is 20.2 Å². The molecule has 2 heterocycles. The Morgan fingerprint density at radius 1 is 1.15 bits per heavy atom. The fourth-order valence-corrected chi connectivity index (χ4v) is 2.99.